The maximum absolute atomic E-state index is 12.5. The molecular weight excluding hydrogens is 414 g/mol. The normalized spacial score (nSPS) is 18.0. The number of sulfonamides is 1. The van der Waals surface area contributed by atoms with E-state index in [1.54, 1.807) is 12.1 Å². The molecule has 0 bridgehead atoms. The molecule has 1 unspecified atom stereocenters. The minimum absolute atomic E-state index is 0.135. The number of amides is 1. The van der Waals surface area contributed by atoms with Crippen molar-refractivity contribution in [2.45, 2.75) is 57.5 Å². The number of imidazole rings is 1. The lowest BCUT2D eigenvalue weighted by atomic mass is 9.98. The molecule has 0 spiro atoms. The van der Waals surface area contributed by atoms with E-state index < -0.39 is 10.0 Å². The average Bonchev–Trinajstić information content (AvgIpc) is 3.08. The number of aryl methyl sites for hydroxylation is 1. The maximum atomic E-state index is 12.5. The van der Waals surface area contributed by atoms with Gasteiger partial charge in [0.25, 0.3) is 0 Å². The highest BCUT2D eigenvalue weighted by Crippen LogP contribution is 2.24. The largest absolute Gasteiger partial charge is 0.356 e. The van der Waals surface area contributed by atoms with Gasteiger partial charge in [-0.05, 0) is 56.8 Å². The summed E-state index contributed by atoms with van der Waals surface area (Å²) in [4.78, 5) is 19.3. The third kappa shape index (κ3) is 5.45. The minimum Gasteiger partial charge on any atom is -0.356 e. The molecule has 1 aromatic heterocycles. The molecule has 1 aliphatic rings. The third-order valence-corrected chi connectivity index (χ3v) is 7.74. The summed E-state index contributed by atoms with van der Waals surface area (Å²) in [6.45, 7) is 8.25. The Morgan fingerprint density at radius 2 is 2.06 bits per heavy atom. The molecule has 9 heteroatoms. The summed E-state index contributed by atoms with van der Waals surface area (Å²) < 4.78 is 28.4. The van der Waals surface area contributed by atoms with Gasteiger partial charge in [-0.25, -0.2) is 17.7 Å². The van der Waals surface area contributed by atoms with E-state index in [1.165, 1.54) is 18.4 Å². The molecule has 8 nitrogen and oxygen atoms in total. The van der Waals surface area contributed by atoms with Crippen LogP contribution in [0.5, 0.6) is 0 Å². The van der Waals surface area contributed by atoms with Crippen LogP contribution in [0.3, 0.4) is 0 Å². The van der Waals surface area contributed by atoms with E-state index in [9.17, 15) is 13.2 Å². The zero-order valence-electron chi connectivity index (χ0n) is 19.1. The Bertz CT molecular complexity index is 1020. The van der Waals surface area contributed by atoms with Gasteiger partial charge in [0.2, 0.25) is 15.9 Å². The van der Waals surface area contributed by atoms with E-state index in [0.717, 1.165) is 63.3 Å². The Balaban J connectivity index is 1.75. The minimum atomic E-state index is -3.49. The predicted octanol–water partition coefficient (Wildman–Crippen LogP) is 2.43. The van der Waals surface area contributed by atoms with Crippen LogP contribution in [-0.4, -0.2) is 66.8 Å². The molecule has 1 aromatic carbocycles. The van der Waals surface area contributed by atoms with Crippen molar-refractivity contribution in [3.05, 3.63) is 24.0 Å². The molecular formula is C22H35N5O3S. The summed E-state index contributed by atoms with van der Waals surface area (Å²) in [6.07, 6.45) is 3.68. The van der Waals surface area contributed by atoms with Crippen molar-refractivity contribution >= 4 is 27.0 Å². The maximum Gasteiger partial charge on any atom is 0.242 e. The molecule has 2 heterocycles. The first-order valence-electron chi connectivity index (χ1n) is 11.2. The molecule has 31 heavy (non-hydrogen) atoms. The highest BCUT2D eigenvalue weighted by Gasteiger charge is 2.23. The number of benzene rings is 1. The molecule has 0 radical (unpaired) electrons. The van der Waals surface area contributed by atoms with Crippen LogP contribution >= 0.6 is 0 Å². The second-order valence-electron chi connectivity index (χ2n) is 8.51. The number of hydrogen-bond acceptors (Lipinski definition) is 5. The molecule has 1 amide bonds. The number of carbonyl (C=O) groups excluding carboxylic acids is 1. The summed E-state index contributed by atoms with van der Waals surface area (Å²) in [5.74, 6) is 1.54. The summed E-state index contributed by atoms with van der Waals surface area (Å²) in [5.41, 5.74) is 1.66. The van der Waals surface area contributed by atoms with Crippen molar-refractivity contribution in [1.29, 1.82) is 0 Å². The Morgan fingerprint density at radius 1 is 1.29 bits per heavy atom. The zero-order valence-corrected chi connectivity index (χ0v) is 19.9. The van der Waals surface area contributed by atoms with Crippen molar-refractivity contribution < 1.29 is 13.2 Å². The molecule has 1 atom stereocenters. The molecule has 1 fully saturated rings. The first-order chi connectivity index (χ1) is 14.8. The van der Waals surface area contributed by atoms with Crippen LogP contribution < -0.4 is 5.32 Å². The lowest BCUT2D eigenvalue weighted by Crippen LogP contribution is -2.40. The molecule has 172 valence electrons. The monoisotopic (exact) mass is 449 g/mol. The molecule has 0 aliphatic carbocycles. The first-order valence-corrected chi connectivity index (χ1v) is 12.6. The summed E-state index contributed by atoms with van der Waals surface area (Å²) >= 11 is 0. The number of nitrogens with zero attached hydrogens (tertiary/aromatic N) is 4. The molecule has 2 aromatic rings. The second kappa shape index (κ2) is 10.1. The van der Waals surface area contributed by atoms with Crippen LogP contribution in [-0.2, 0) is 27.9 Å². The third-order valence-electron chi connectivity index (χ3n) is 5.93. The number of piperidine rings is 1. The van der Waals surface area contributed by atoms with Crippen molar-refractivity contribution in [1.82, 2.24) is 24.1 Å². The van der Waals surface area contributed by atoms with Gasteiger partial charge in [-0.2, -0.15) is 0 Å². The molecule has 3 rings (SSSR count). The van der Waals surface area contributed by atoms with Gasteiger partial charge in [-0.3, -0.25) is 9.69 Å². The molecule has 1 aliphatic heterocycles. The van der Waals surface area contributed by atoms with Crippen LogP contribution in [0.2, 0.25) is 0 Å². The quantitative estimate of drug-likeness (QED) is 0.635. The van der Waals surface area contributed by atoms with Gasteiger partial charge in [0.1, 0.15) is 5.82 Å². The number of rotatable bonds is 9. The Kier molecular flexibility index (Phi) is 7.72. The summed E-state index contributed by atoms with van der Waals surface area (Å²) in [7, 11) is -0.422. The van der Waals surface area contributed by atoms with Crippen LogP contribution in [0.4, 0.5) is 0 Å². The molecule has 0 saturated carbocycles. The van der Waals surface area contributed by atoms with Crippen molar-refractivity contribution in [3.63, 3.8) is 0 Å². The van der Waals surface area contributed by atoms with E-state index >= 15 is 0 Å². The zero-order chi connectivity index (χ0) is 22.6. The fraction of sp³-hybridized carbons (Fsp3) is 0.636. The van der Waals surface area contributed by atoms with Crippen LogP contribution in [0, 0.1) is 5.92 Å². The van der Waals surface area contributed by atoms with Gasteiger partial charge in [0.05, 0.1) is 22.5 Å². The lowest BCUT2D eigenvalue weighted by Gasteiger charge is -2.32. The smallest absolute Gasteiger partial charge is 0.242 e. The van der Waals surface area contributed by atoms with Crippen molar-refractivity contribution in [3.8, 4) is 0 Å². The number of fused-ring (bicyclic) bond motifs is 1. The summed E-state index contributed by atoms with van der Waals surface area (Å²) in [6, 6.07) is 5.18. The van der Waals surface area contributed by atoms with Crippen LogP contribution in [0.1, 0.15) is 45.4 Å². The number of nitrogens with one attached hydrogen (secondary N) is 1. The van der Waals surface area contributed by atoms with Crippen molar-refractivity contribution in [2.24, 2.45) is 5.92 Å². The van der Waals surface area contributed by atoms with E-state index in [4.69, 9.17) is 4.98 Å². The van der Waals surface area contributed by atoms with Gasteiger partial charge in [-0.15, -0.1) is 0 Å². The van der Waals surface area contributed by atoms with Crippen LogP contribution in [0.15, 0.2) is 23.1 Å². The topological polar surface area (TPSA) is 87.5 Å². The number of likely N-dealkylation sites (tertiary alicyclic amines) is 1. The highest BCUT2D eigenvalue weighted by atomic mass is 32.2. The lowest BCUT2D eigenvalue weighted by molar-refractivity contribution is -0.121. The Morgan fingerprint density at radius 3 is 2.74 bits per heavy atom. The van der Waals surface area contributed by atoms with Gasteiger partial charge < -0.3 is 9.88 Å². The van der Waals surface area contributed by atoms with Gasteiger partial charge >= 0.3 is 0 Å². The Hall–Kier alpha value is -1.97. The van der Waals surface area contributed by atoms with Crippen molar-refractivity contribution in [2.75, 3.05) is 33.7 Å². The first kappa shape index (κ1) is 23.7. The second-order valence-corrected chi connectivity index (χ2v) is 10.7. The van der Waals surface area contributed by atoms with Gasteiger partial charge in [0, 0.05) is 40.2 Å². The Labute approximate surface area is 185 Å². The predicted molar refractivity (Wildman–Crippen MR) is 122 cm³/mol. The average molecular weight is 450 g/mol. The van der Waals surface area contributed by atoms with E-state index in [0.29, 0.717) is 17.9 Å². The van der Waals surface area contributed by atoms with E-state index in [-0.39, 0.29) is 10.8 Å². The summed E-state index contributed by atoms with van der Waals surface area (Å²) in [5, 5.41) is 3.06. The molecule has 1 N–H and O–H groups in total. The van der Waals surface area contributed by atoms with E-state index in [1.807, 2.05) is 13.0 Å². The van der Waals surface area contributed by atoms with Crippen LogP contribution in [0.25, 0.3) is 11.0 Å². The standard InChI is InChI=1S/C22H35N5O3S/c1-5-8-22(28)23-14-17-9-7-12-26(15-17)16-21-24-19-13-18(31(29,30)25(3)4)10-11-20(19)27(21)6-2/h10-11,13,17H,5-9,12,14-16H2,1-4H3,(H,23,28). The number of aromatic nitrogens is 2. The van der Waals surface area contributed by atoms with Gasteiger partial charge in [0.15, 0.2) is 0 Å². The number of carbonyl (C=O) groups is 1. The molecule has 1 saturated heterocycles. The number of hydrogen-bond donors (Lipinski definition) is 1. The van der Waals surface area contributed by atoms with Gasteiger partial charge in [-0.1, -0.05) is 6.92 Å². The highest BCUT2D eigenvalue weighted by molar-refractivity contribution is 7.89. The van der Waals surface area contributed by atoms with E-state index in [2.05, 4.69) is 21.7 Å². The fourth-order valence-corrected chi connectivity index (χ4v) is 5.16. The fourth-order valence-electron chi connectivity index (χ4n) is 4.24. The SMILES string of the molecule is CCCC(=O)NCC1CCCN(Cc2nc3cc(S(=O)(=O)N(C)C)ccc3n2CC)C1.